The average molecular weight is 624 g/mol. The number of fused-ring (bicyclic) bond motifs is 1. The van der Waals surface area contributed by atoms with Gasteiger partial charge in [-0.25, -0.2) is 4.98 Å². The first-order chi connectivity index (χ1) is 17.5. The number of aryl methyl sites for hydroxylation is 3. The van der Waals surface area contributed by atoms with Crippen LogP contribution < -0.4 is 11.1 Å². The zero-order chi connectivity index (χ0) is 28.3. The Morgan fingerprint density at radius 1 is 1.13 bits per heavy atom. The number of halogens is 7. The van der Waals surface area contributed by atoms with Crippen LogP contribution in [-0.2, 0) is 25.9 Å². The number of nitrogens with one attached hydrogen (secondary N) is 1. The second-order valence-electron chi connectivity index (χ2n) is 7.97. The standard InChI is InChI=1S/C21H16BrF6N7O2S/c1-4-35-6-9(7(2)32-35)8-5-10(20(23,24)25)30-19-11(8)13(15(38-19)17(29)36)31-18(37)14-12(22)16(21(26,27)28)33-34(14)3/h5-6H,4H2,1-3H3,(H2,29,36)(H,31,37). The second-order valence-corrected chi connectivity index (χ2v) is 9.77. The monoisotopic (exact) mass is 623 g/mol. The van der Waals surface area contributed by atoms with Crippen LogP contribution in [0.15, 0.2) is 16.7 Å². The van der Waals surface area contributed by atoms with Gasteiger partial charge in [-0.3, -0.25) is 19.0 Å². The van der Waals surface area contributed by atoms with E-state index in [2.05, 4.69) is 36.4 Å². The van der Waals surface area contributed by atoms with Crippen LogP contribution >= 0.6 is 27.3 Å². The number of thiophene rings is 1. The lowest BCUT2D eigenvalue weighted by Crippen LogP contribution is -2.19. The molecule has 4 heterocycles. The van der Waals surface area contributed by atoms with E-state index in [0.29, 0.717) is 28.3 Å². The molecule has 0 saturated carbocycles. The maximum absolute atomic E-state index is 13.7. The van der Waals surface area contributed by atoms with Gasteiger partial charge in [0.05, 0.1) is 15.9 Å². The maximum atomic E-state index is 13.7. The molecule has 0 aromatic carbocycles. The number of aromatic nitrogens is 5. The van der Waals surface area contributed by atoms with Crippen molar-refractivity contribution < 1.29 is 35.9 Å². The fourth-order valence-electron chi connectivity index (χ4n) is 3.79. The summed E-state index contributed by atoms with van der Waals surface area (Å²) in [5.74, 6) is -2.22. The number of carbonyl (C=O) groups is 2. The molecule has 0 aliphatic carbocycles. The predicted octanol–water partition coefficient (Wildman–Crippen LogP) is 5.37. The molecule has 0 aliphatic rings. The van der Waals surface area contributed by atoms with Gasteiger partial charge < -0.3 is 11.1 Å². The van der Waals surface area contributed by atoms with Crippen LogP contribution in [0.4, 0.5) is 32.0 Å². The van der Waals surface area contributed by atoms with Crippen LogP contribution in [0.3, 0.4) is 0 Å². The molecule has 17 heteroatoms. The highest BCUT2D eigenvalue weighted by molar-refractivity contribution is 9.10. The Morgan fingerprint density at radius 3 is 2.29 bits per heavy atom. The summed E-state index contributed by atoms with van der Waals surface area (Å²) in [4.78, 5) is 28.4. The number of rotatable bonds is 5. The molecule has 0 radical (unpaired) electrons. The van der Waals surface area contributed by atoms with Gasteiger partial charge >= 0.3 is 12.4 Å². The van der Waals surface area contributed by atoms with Crippen molar-refractivity contribution in [3.8, 4) is 11.1 Å². The lowest BCUT2D eigenvalue weighted by atomic mass is 10.0. The Kier molecular flexibility index (Phi) is 6.80. The normalized spacial score (nSPS) is 12.4. The molecule has 0 fully saturated rings. The van der Waals surface area contributed by atoms with Crippen molar-refractivity contribution in [3.63, 3.8) is 0 Å². The van der Waals surface area contributed by atoms with E-state index >= 15 is 0 Å². The molecule has 0 atom stereocenters. The van der Waals surface area contributed by atoms with Gasteiger partial charge in [-0.2, -0.15) is 36.5 Å². The van der Waals surface area contributed by atoms with E-state index in [1.807, 2.05) is 0 Å². The van der Waals surface area contributed by atoms with Gasteiger partial charge in [0.2, 0.25) is 0 Å². The number of hydrogen-bond donors (Lipinski definition) is 2. The first kappa shape index (κ1) is 27.6. The summed E-state index contributed by atoms with van der Waals surface area (Å²) in [7, 11) is 1.10. The van der Waals surface area contributed by atoms with Crippen molar-refractivity contribution >= 4 is 55.0 Å². The Hall–Kier alpha value is -3.47. The van der Waals surface area contributed by atoms with Crippen molar-refractivity contribution in [1.29, 1.82) is 0 Å². The molecule has 38 heavy (non-hydrogen) atoms. The van der Waals surface area contributed by atoms with Crippen LogP contribution in [0, 0.1) is 6.92 Å². The number of pyridine rings is 1. The number of alkyl halides is 6. The quantitative estimate of drug-likeness (QED) is 0.289. The molecule has 4 aromatic rings. The van der Waals surface area contributed by atoms with Gasteiger partial charge in [0, 0.05) is 30.7 Å². The number of nitrogens with zero attached hydrogens (tertiary/aromatic N) is 5. The molecule has 0 spiro atoms. The average Bonchev–Trinajstić information content (AvgIpc) is 3.45. The molecular weight excluding hydrogens is 608 g/mol. The molecule has 9 nitrogen and oxygen atoms in total. The minimum absolute atomic E-state index is 0.0568. The number of primary amides is 1. The van der Waals surface area contributed by atoms with Gasteiger partial charge in [-0.1, -0.05) is 0 Å². The number of amides is 2. The van der Waals surface area contributed by atoms with E-state index in [1.54, 1.807) is 13.8 Å². The molecule has 3 N–H and O–H groups in total. The molecule has 0 saturated heterocycles. The fourth-order valence-corrected chi connectivity index (χ4v) is 5.54. The van der Waals surface area contributed by atoms with E-state index in [1.165, 1.54) is 10.9 Å². The van der Waals surface area contributed by atoms with E-state index in [9.17, 15) is 35.9 Å². The topological polar surface area (TPSA) is 121 Å². The third-order valence-corrected chi connectivity index (χ3v) is 7.30. The first-order valence-corrected chi connectivity index (χ1v) is 12.2. The first-order valence-electron chi connectivity index (χ1n) is 10.5. The number of carbonyl (C=O) groups excluding carboxylic acids is 2. The summed E-state index contributed by atoms with van der Waals surface area (Å²) in [5.41, 5.74) is 2.53. The molecular formula is C21H16BrF6N7O2S. The van der Waals surface area contributed by atoms with Gasteiger partial charge in [0.1, 0.15) is 21.1 Å². The third-order valence-electron chi connectivity index (χ3n) is 5.45. The van der Waals surface area contributed by atoms with Crippen LogP contribution in [0.2, 0.25) is 0 Å². The number of nitrogens with two attached hydrogens (primary N) is 1. The minimum Gasteiger partial charge on any atom is -0.365 e. The Morgan fingerprint density at radius 2 is 1.79 bits per heavy atom. The number of hydrogen-bond acceptors (Lipinski definition) is 6. The van der Waals surface area contributed by atoms with Crippen LogP contribution in [0.5, 0.6) is 0 Å². The van der Waals surface area contributed by atoms with E-state index in [-0.39, 0.29) is 31.9 Å². The van der Waals surface area contributed by atoms with Gasteiger partial charge in [-0.15, -0.1) is 11.3 Å². The molecule has 4 rings (SSSR count). The van der Waals surface area contributed by atoms with Crippen molar-refractivity contribution in [1.82, 2.24) is 24.5 Å². The van der Waals surface area contributed by atoms with Crippen LogP contribution in [-0.4, -0.2) is 36.4 Å². The van der Waals surface area contributed by atoms with Gasteiger partial charge in [-0.05, 0) is 41.4 Å². The lowest BCUT2D eigenvalue weighted by molar-refractivity contribution is -0.142. The zero-order valence-corrected chi connectivity index (χ0v) is 21.9. The summed E-state index contributed by atoms with van der Waals surface area (Å²) >= 11 is 3.24. The fraction of sp³-hybridized carbons (Fsp3) is 0.286. The molecule has 2 amide bonds. The van der Waals surface area contributed by atoms with E-state index in [4.69, 9.17) is 5.73 Å². The summed E-state index contributed by atoms with van der Waals surface area (Å²) < 4.78 is 82.6. The second kappa shape index (κ2) is 9.37. The zero-order valence-electron chi connectivity index (χ0n) is 19.5. The molecule has 4 aromatic heterocycles. The van der Waals surface area contributed by atoms with Crippen molar-refractivity contribution in [3.05, 3.63) is 44.4 Å². The Labute approximate surface area is 221 Å². The summed E-state index contributed by atoms with van der Waals surface area (Å²) in [6.45, 7) is 3.73. The SMILES string of the molecule is CCn1cc(-c2cc(C(F)(F)F)nc3sc(C(N)=O)c(NC(=O)c4c(Br)c(C(F)(F)F)nn4C)c23)c(C)n1. The third kappa shape index (κ3) is 4.75. The van der Waals surface area contributed by atoms with Crippen molar-refractivity contribution in [2.75, 3.05) is 5.32 Å². The van der Waals surface area contributed by atoms with Crippen LogP contribution in [0.25, 0.3) is 21.3 Å². The predicted molar refractivity (Wildman–Crippen MR) is 129 cm³/mol. The molecule has 202 valence electrons. The van der Waals surface area contributed by atoms with E-state index < -0.39 is 45.7 Å². The maximum Gasteiger partial charge on any atom is 0.436 e. The lowest BCUT2D eigenvalue weighted by Gasteiger charge is -2.12. The summed E-state index contributed by atoms with van der Waals surface area (Å²) in [6, 6.07) is 0.751. The smallest absolute Gasteiger partial charge is 0.365 e. The van der Waals surface area contributed by atoms with E-state index in [0.717, 1.165) is 13.1 Å². The molecule has 0 aliphatic heterocycles. The highest BCUT2D eigenvalue weighted by Crippen LogP contribution is 2.45. The Bertz CT molecular complexity index is 1600. The largest absolute Gasteiger partial charge is 0.436 e. The molecule has 0 unspecified atom stereocenters. The Balaban J connectivity index is 1.99. The van der Waals surface area contributed by atoms with Crippen LogP contribution in [0.1, 0.15) is 44.2 Å². The highest BCUT2D eigenvalue weighted by atomic mass is 79.9. The van der Waals surface area contributed by atoms with Crippen molar-refractivity contribution in [2.45, 2.75) is 32.7 Å². The minimum atomic E-state index is -4.88. The summed E-state index contributed by atoms with van der Waals surface area (Å²) in [5, 5.41) is 9.87. The summed E-state index contributed by atoms with van der Waals surface area (Å²) in [6.07, 6.45) is -8.25. The van der Waals surface area contributed by atoms with Gasteiger partial charge in [0.15, 0.2) is 5.69 Å². The van der Waals surface area contributed by atoms with Crippen molar-refractivity contribution in [2.24, 2.45) is 12.8 Å². The van der Waals surface area contributed by atoms with Gasteiger partial charge in [0.25, 0.3) is 11.8 Å². The highest BCUT2D eigenvalue weighted by Gasteiger charge is 2.40. The molecule has 0 bridgehead atoms. The number of anilines is 1.